The van der Waals surface area contributed by atoms with Crippen molar-refractivity contribution >= 4 is 38.2 Å². The van der Waals surface area contributed by atoms with Crippen LogP contribution in [0.15, 0.2) is 0 Å². The van der Waals surface area contributed by atoms with Gasteiger partial charge < -0.3 is 5.32 Å². The van der Waals surface area contributed by atoms with Crippen molar-refractivity contribution in [2.45, 2.75) is 39.5 Å². The quantitative estimate of drug-likeness (QED) is 0.738. The van der Waals surface area contributed by atoms with Crippen LogP contribution in [0.5, 0.6) is 0 Å². The summed E-state index contributed by atoms with van der Waals surface area (Å²) in [5.41, 5.74) is 1.02. The van der Waals surface area contributed by atoms with Crippen molar-refractivity contribution in [3.8, 4) is 0 Å². The smallest absolute Gasteiger partial charge is 0.151 e. The summed E-state index contributed by atoms with van der Waals surface area (Å²) in [5, 5.41) is 3.27. The Kier molecular flexibility index (Phi) is 5.45. The zero-order valence-electron chi connectivity index (χ0n) is 12.7. The summed E-state index contributed by atoms with van der Waals surface area (Å²) in [5.74, 6) is 2.40. The Morgan fingerprint density at radius 3 is 2.62 bits per heavy atom. The van der Waals surface area contributed by atoms with Crippen molar-refractivity contribution in [2.24, 2.45) is 5.92 Å². The highest BCUT2D eigenvalue weighted by Crippen LogP contribution is 2.30. The number of aromatic nitrogens is 2. The average Bonchev–Trinajstić information content (AvgIpc) is 2.74. The zero-order valence-corrected chi connectivity index (χ0v) is 15.7. The molecule has 1 fully saturated rings. The van der Waals surface area contributed by atoms with E-state index >= 15 is 0 Å². The molecule has 1 atom stereocenters. The summed E-state index contributed by atoms with van der Waals surface area (Å²) >= 11 is 2.28. The molecule has 118 valence electrons. The predicted octanol–water partition coefficient (Wildman–Crippen LogP) is 2.61. The van der Waals surface area contributed by atoms with E-state index in [1.165, 1.54) is 0 Å². The first-order valence-electron chi connectivity index (χ1n) is 7.33. The third kappa shape index (κ3) is 4.28. The predicted molar refractivity (Wildman–Crippen MR) is 93.5 cm³/mol. The van der Waals surface area contributed by atoms with Gasteiger partial charge in [0.2, 0.25) is 0 Å². The van der Waals surface area contributed by atoms with Gasteiger partial charge in [0, 0.05) is 12.5 Å². The molecule has 0 spiro atoms. The number of rotatable bonds is 5. The first-order chi connectivity index (χ1) is 9.82. The van der Waals surface area contributed by atoms with Crippen LogP contribution in [0.2, 0.25) is 0 Å². The highest BCUT2D eigenvalue weighted by Gasteiger charge is 2.32. The van der Waals surface area contributed by atoms with E-state index in [0.717, 1.165) is 28.0 Å². The maximum atomic E-state index is 11.7. The van der Waals surface area contributed by atoms with Crippen molar-refractivity contribution in [1.29, 1.82) is 0 Å². The van der Waals surface area contributed by atoms with Crippen molar-refractivity contribution in [2.75, 3.05) is 23.4 Å². The van der Waals surface area contributed by atoms with Crippen LogP contribution >= 0.6 is 22.6 Å². The molecule has 1 aromatic heterocycles. The molecule has 1 N–H and O–H groups in total. The van der Waals surface area contributed by atoms with Crippen molar-refractivity contribution in [3.05, 3.63) is 15.1 Å². The summed E-state index contributed by atoms with van der Waals surface area (Å²) in [4.78, 5) is 9.26. The van der Waals surface area contributed by atoms with Gasteiger partial charge in [0.25, 0.3) is 0 Å². The Balaban J connectivity index is 2.39. The Morgan fingerprint density at radius 2 is 2.10 bits per heavy atom. The molecular weight excluding hydrogens is 401 g/mol. The van der Waals surface area contributed by atoms with E-state index < -0.39 is 9.84 Å². The van der Waals surface area contributed by atoms with E-state index in [0.29, 0.717) is 18.2 Å². The van der Waals surface area contributed by atoms with Crippen molar-refractivity contribution < 1.29 is 8.42 Å². The summed E-state index contributed by atoms with van der Waals surface area (Å²) in [7, 11) is -2.92. The highest BCUT2D eigenvalue weighted by molar-refractivity contribution is 14.1. The van der Waals surface area contributed by atoms with Gasteiger partial charge in [-0.2, -0.15) is 0 Å². The van der Waals surface area contributed by atoms with Crippen molar-refractivity contribution in [1.82, 2.24) is 9.97 Å². The van der Waals surface area contributed by atoms with Gasteiger partial charge in [-0.05, 0) is 48.3 Å². The lowest BCUT2D eigenvalue weighted by atomic mass is 10.1. The summed E-state index contributed by atoms with van der Waals surface area (Å²) in [6.45, 7) is 7.13. The van der Waals surface area contributed by atoms with Crippen LogP contribution < -0.4 is 5.32 Å². The van der Waals surface area contributed by atoms with E-state index in [1.807, 2.05) is 6.92 Å². The van der Waals surface area contributed by atoms with E-state index in [2.05, 4.69) is 51.7 Å². The van der Waals surface area contributed by atoms with Crippen LogP contribution in [0.4, 0.5) is 5.82 Å². The monoisotopic (exact) mass is 423 g/mol. The molecule has 1 aliphatic heterocycles. The minimum absolute atomic E-state index is 0.0599. The first-order valence-corrected chi connectivity index (χ1v) is 10.2. The average molecular weight is 423 g/mol. The molecule has 5 nitrogen and oxygen atoms in total. The molecule has 0 aliphatic carbocycles. The van der Waals surface area contributed by atoms with Crippen LogP contribution in [0.1, 0.15) is 44.6 Å². The van der Waals surface area contributed by atoms with E-state index in [9.17, 15) is 8.42 Å². The first kappa shape index (κ1) is 16.9. The minimum Gasteiger partial charge on any atom is -0.369 e. The molecule has 0 amide bonds. The lowest BCUT2D eigenvalue weighted by molar-refractivity contribution is 0.600. The Bertz CT molecular complexity index is 617. The lowest BCUT2D eigenvalue weighted by Gasteiger charge is -2.15. The van der Waals surface area contributed by atoms with Crippen LogP contribution in [-0.4, -0.2) is 36.4 Å². The molecule has 2 heterocycles. The molecule has 0 bridgehead atoms. The largest absolute Gasteiger partial charge is 0.369 e. The van der Waals surface area contributed by atoms with Gasteiger partial charge in [0.05, 0.1) is 20.8 Å². The maximum absolute atomic E-state index is 11.7. The number of hydrogen-bond acceptors (Lipinski definition) is 5. The fraction of sp³-hybridized carbons (Fsp3) is 0.714. The minimum atomic E-state index is -2.92. The third-order valence-electron chi connectivity index (χ3n) is 3.48. The molecule has 21 heavy (non-hydrogen) atoms. The molecule has 1 saturated heterocycles. The maximum Gasteiger partial charge on any atom is 0.151 e. The SMILES string of the molecule is CCNc1nc(C2CCS(=O)(=O)C2)nc(CC(C)C)c1I. The second-order valence-corrected chi connectivity index (χ2v) is 9.23. The van der Waals surface area contributed by atoms with E-state index in [1.54, 1.807) is 0 Å². The van der Waals surface area contributed by atoms with Gasteiger partial charge in [-0.25, -0.2) is 18.4 Å². The zero-order chi connectivity index (χ0) is 15.6. The normalized spacial score (nSPS) is 20.9. The van der Waals surface area contributed by atoms with E-state index in [-0.39, 0.29) is 17.4 Å². The molecule has 0 saturated carbocycles. The Hall–Kier alpha value is -0.440. The van der Waals surface area contributed by atoms with Crippen LogP contribution in [0.25, 0.3) is 0 Å². The third-order valence-corrected chi connectivity index (χ3v) is 6.38. The van der Waals surface area contributed by atoms with Crippen LogP contribution in [-0.2, 0) is 16.3 Å². The Morgan fingerprint density at radius 1 is 1.38 bits per heavy atom. The highest BCUT2D eigenvalue weighted by atomic mass is 127. The van der Waals surface area contributed by atoms with E-state index in [4.69, 9.17) is 0 Å². The lowest BCUT2D eigenvalue weighted by Crippen LogP contribution is -2.14. The molecular formula is C14H22IN3O2S. The number of sulfone groups is 1. The Labute approximate surface area is 140 Å². The van der Waals surface area contributed by atoms with Gasteiger partial charge in [0.1, 0.15) is 11.6 Å². The summed E-state index contributed by atoms with van der Waals surface area (Å²) in [6.07, 6.45) is 1.52. The number of anilines is 1. The van der Waals surface area contributed by atoms with Gasteiger partial charge in [-0.1, -0.05) is 13.8 Å². The van der Waals surface area contributed by atoms with Gasteiger partial charge >= 0.3 is 0 Å². The van der Waals surface area contributed by atoms with Crippen molar-refractivity contribution in [3.63, 3.8) is 0 Å². The second kappa shape index (κ2) is 6.76. The number of hydrogen-bond donors (Lipinski definition) is 1. The van der Waals surface area contributed by atoms with Gasteiger partial charge in [0.15, 0.2) is 9.84 Å². The van der Waals surface area contributed by atoms with Crippen LogP contribution in [0.3, 0.4) is 0 Å². The molecule has 7 heteroatoms. The molecule has 1 aliphatic rings. The molecule has 1 aromatic rings. The summed E-state index contributed by atoms with van der Waals surface area (Å²) < 4.78 is 24.4. The molecule has 2 rings (SSSR count). The number of nitrogens with zero attached hydrogens (tertiary/aromatic N) is 2. The second-order valence-electron chi connectivity index (χ2n) is 5.92. The molecule has 0 aromatic carbocycles. The van der Waals surface area contributed by atoms with Crippen LogP contribution in [0, 0.1) is 9.49 Å². The molecule has 1 unspecified atom stereocenters. The topological polar surface area (TPSA) is 72.0 Å². The number of nitrogens with one attached hydrogen (secondary N) is 1. The standard InChI is InChI=1S/C14H22IN3O2S/c1-4-16-14-12(15)11(7-9(2)3)17-13(18-14)10-5-6-21(19,20)8-10/h9-10H,4-8H2,1-3H3,(H,16,17,18). The van der Waals surface area contributed by atoms with Gasteiger partial charge in [-0.15, -0.1) is 0 Å². The fourth-order valence-corrected chi connectivity index (χ4v) is 4.89. The summed E-state index contributed by atoms with van der Waals surface area (Å²) in [6, 6.07) is 0. The molecule has 0 radical (unpaired) electrons. The number of halogens is 1. The van der Waals surface area contributed by atoms with Gasteiger partial charge in [-0.3, -0.25) is 0 Å². The fourth-order valence-electron chi connectivity index (χ4n) is 2.50.